The third-order valence-corrected chi connectivity index (χ3v) is 2.94. The summed E-state index contributed by atoms with van der Waals surface area (Å²) in [6.07, 6.45) is 0.948. The number of piperazine rings is 1. The molecule has 1 aromatic rings. The van der Waals surface area contributed by atoms with E-state index >= 15 is 0 Å². The molecule has 1 heterocycles. The minimum Gasteiger partial charge on any atom is -0.494 e. The summed E-state index contributed by atoms with van der Waals surface area (Å²) in [4.78, 5) is 25.0. The molecule has 1 unspecified atom stereocenters. The van der Waals surface area contributed by atoms with Crippen LogP contribution >= 0.6 is 0 Å². The molecular formula is C14H18N2O3. The number of nitrogens with zero attached hydrogens (tertiary/aromatic N) is 1. The largest absolute Gasteiger partial charge is 0.494 e. The topological polar surface area (TPSA) is 58.6 Å². The van der Waals surface area contributed by atoms with Crippen molar-refractivity contribution in [2.75, 3.05) is 18.1 Å². The first-order valence-corrected chi connectivity index (χ1v) is 6.45. The molecule has 0 spiro atoms. The van der Waals surface area contributed by atoms with E-state index in [1.54, 1.807) is 19.1 Å². The van der Waals surface area contributed by atoms with Gasteiger partial charge in [0.25, 0.3) is 0 Å². The Morgan fingerprint density at radius 1 is 1.32 bits per heavy atom. The highest BCUT2D eigenvalue weighted by atomic mass is 16.5. The monoisotopic (exact) mass is 262 g/mol. The molecule has 0 aliphatic carbocycles. The van der Waals surface area contributed by atoms with Gasteiger partial charge in [-0.2, -0.15) is 0 Å². The van der Waals surface area contributed by atoms with Crippen LogP contribution in [-0.2, 0) is 9.59 Å². The van der Waals surface area contributed by atoms with Crippen molar-refractivity contribution >= 4 is 17.5 Å². The number of carbonyl (C=O) groups excluding carboxylic acids is 2. The molecule has 0 aromatic heterocycles. The van der Waals surface area contributed by atoms with Gasteiger partial charge in [0, 0.05) is 5.69 Å². The molecule has 0 bridgehead atoms. The van der Waals surface area contributed by atoms with E-state index in [1.165, 1.54) is 4.90 Å². The number of anilines is 1. The number of hydrogen-bond donors (Lipinski definition) is 1. The number of ether oxygens (including phenoxy) is 1. The Hall–Kier alpha value is -2.04. The van der Waals surface area contributed by atoms with Crippen LogP contribution < -0.4 is 15.0 Å². The lowest BCUT2D eigenvalue weighted by atomic mass is 10.2. The van der Waals surface area contributed by atoms with E-state index in [1.807, 2.05) is 19.1 Å². The number of carbonyl (C=O) groups is 2. The lowest BCUT2D eigenvalue weighted by Crippen LogP contribution is -2.57. The molecule has 5 heteroatoms. The molecule has 19 heavy (non-hydrogen) atoms. The quantitative estimate of drug-likeness (QED) is 0.890. The van der Waals surface area contributed by atoms with Gasteiger partial charge in [-0.05, 0) is 37.6 Å². The zero-order chi connectivity index (χ0) is 13.8. The molecule has 2 rings (SSSR count). The van der Waals surface area contributed by atoms with Gasteiger partial charge < -0.3 is 15.0 Å². The Bertz CT molecular complexity index is 470. The lowest BCUT2D eigenvalue weighted by Gasteiger charge is -2.30. The Morgan fingerprint density at radius 2 is 2.00 bits per heavy atom. The van der Waals surface area contributed by atoms with E-state index in [-0.39, 0.29) is 18.4 Å². The Morgan fingerprint density at radius 3 is 2.63 bits per heavy atom. The van der Waals surface area contributed by atoms with E-state index in [2.05, 4.69) is 5.32 Å². The van der Waals surface area contributed by atoms with Crippen LogP contribution in [0, 0.1) is 0 Å². The Kier molecular flexibility index (Phi) is 4.04. The van der Waals surface area contributed by atoms with Gasteiger partial charge in [-0.25, -0.2) is 0 Å². The molecule has 1 fully saturated rings. The van der Waals surface area contributed by atoms with Crippen LogP contribution in [0.3, 0.4) is 0 Å². The smallest absolute Gasteiger partial charge is 0.249 e. The number of hydrogen-bond acceptors (Lipinski definition) is 3. The van der Waals surface area contributed by atoms with Gasteiger partial charge in [0.2, 0.25) is 11.8 Å². The summed E-state index contributed by atoms with van der Waals surface area (Å²) in [6.45, 7) is 4.46. The highest BCUT2D eigenvalue weighted by Crippen LogP contribution is 2.21. The van der Waals surface area contributed by atoms with Crippen molar-refractivity contribution in [1.82, 2.24) is 5.32 Å². The van der Waals surface area contributed by atoms with Crippen molar-refractivity contribution in [2.45, 2.75) is 26.3 Å². The van der Waals surface area contributed by atoms with Crippen molar-refractivity contribution in [1.29, 1.82) is 0 Å². The molecular weight excluding hydrogens is 244 g/mol. The average Bonchev–Trinajstić information content (AvgIpc) is 2.41. The first kappa shape index (κ1) is 13.4. The normalized spacial score (nSPS) is 19.3. The molecule has 2 amide bonds. The Balaban J connectivity index is 2.12. The fourth-order valence-corrected chi connectivity index (χ4v) is 1.96. The van der Waals surface area contributed by atoms with Crippen LogP contribution in [0.2, 0.25) is 0 Å². The summed E-state index contributed by atoms with van der Waals surface area (Å²) in [5.41, 5.74) is 0.718. The molecule has 1 N–H and O–H groups in total. The molecule has 1 aliphatic rings. The minimum atomic E-state index is -0.475. The standard InChI is InChI=1S/C14H18N2O3/c1-3-8-19-12-6-4-11(5-7-12)16-9-13(17)15-10(2)14(16)18/h4-7,10H,3,8-9H2,1-2H3,(H,15,17). The molecule has 0 radical (unpaired) electrons. The molecule has 1 aliphatic heterocycles. The summed E-state index contributed by atoms with van der Waals surface area (Å²) in [6, 6.07) is 6.75. The van der Waals surface area contributed by atoms with Crippen molar-refractivity contribution in [3.05, 3.63) is 24.3 Å². The third kappa shape index (κ3) is 3.05. The molecule has 0 saturated carbocycles. The maximum absolute atomic E-state index is 12.0. The van der Waals surface area contributed by atoms with Crippen molar-refractivity contribution in [2.24, 2.45) is 0 Å². The maximum atomic E-state index is 12.0. The fourth-order valence-electron chi connectivity index (χ4n) is 1.96. The first-order chi connectivity index (χ1) is 9.11. The second-order valence-electron chi connectivity index (χ2n) is 4.56. The van der Waals surface area contributed by atoms with E-state index in [0.717, 1.165) is 17.9 Å². The maximum Gasteiger partial charge on any atom is 0.249 e. The second-order valence-corrected chi connectivity index (χ2v) is 4.56. The van der Waals surface area contributed by atoms with Gasteiger partial charge in [0.05, 0.1) is 6.61 Å². The number of amides is 2. The van der Waals surface area contributed by atoms with Gasteiger partial charge in [0.1, 0.15) is 18.3 Å². The van der Waals surface area contributed by atoms with Gasteiger partial charge in [-0.3, -0.25) is 9.59 Å². The molecule has 1 saturated heterocycles. The highest BCUT2D eigenvalue weighted by Gasteiger charge is 2.30. The summed E-state index contributed by atoms with van der Waals surface area (Å²) in [7, 11) is 0. The van der Waals surface area contributed by atoms with Crippen molar-refractivity contribution in [3.63, 3.8) is 0 Å². The van der Waals surface area contributed by atoms with Crippen LogP contribution in [0.4, 0.5) is 5.69 Å². The van der Waals surface area contributed by atoms with Crippen LogP contribution in [0.25, 0.3) is 0 Å². The summed E-state index contributed by atoms with van der Waals surface area (Å²) in [5, 5.41) is 2.61. The SMILES string of the molecule is CCCOc1ccc(N2CC(=O)NC(C)C2=O)cc1. The van der Waals surface area contributed by atoms with Gasteiger partial charge >= 0.3 is 0 Å². The number of rotatable bonds is 4. The zero-order valence-corrected chi connectivity index (χ0v) is 11.2. The third-order valence-electron chi connectivity index (χ3n) is 2.94. The van der Waals surface area contributed by atoms with Gasteiger partial charge in [0.15, 0.2) is 0 Å². The number of benzene rings is 1. The van der Waals surface area contributed by atoms with Crippen LogP contribution in [0.1, 0.15) is 20.3 Å². The van der Waals surface area contributed by atoms with Crippen molar-refractivity contribution in [3.8, 4) is 5.75 Å². The molecule has 1 aromatic carbocycles. The van der Waals surface area contributed by atoms with Crippen LogP contribution in [0.5, 0.6) is 5.75 Å². The van der Waals surface area contributed by atoms with Crippen LogP contribution in [-0.4, -0.2) is 31.0 Å². The van der Waals surface area contributed by atoms with Gasteiger partial charge in [-0.1, -0.05) is 6.92 Å². The fraction of sp³-hybridized carbons (Fsp3) is 0.429. The minimum absolute atomic E-state index is 0.0678. The van der Waals surface area contributed by atoms with E-state index in [9.17, 15) is 9.59 Å². The zero-order valence-electron chi connectivity index (χ0n) is 11.2. The molecule has 1 atom stereocenters. The van der Waals surface area contributed by atoms with Crippen LogP contribution in [0.15, 0.2) is 24.3 Å². The van der Waals surface area contributed by atoms with E-state index in [0.29, 0.717) is 6.61 Å². The summed E-state index contributed by atoms with van der Waals surface area (Å²) in [5.74, 6) is 0.535. The van der Waals surface area contributed by atoms with Gasteiger partial charge in [-0.15, -0.1) is 0 Å². The summed E-state index contributed by atoms with van der Waals surface area (Å²) >= 11 is 0. The van der Waals surface area contributed by atoms with E-state index in [4.69, 9.17) is 4.74 Å². The molecule has 102 valence electrons. The van der Waals surface area contributed by atoms with Crippen molar-refractivity contribution < 1.29 is 14.3 Å². The predicted octanol–water partition coefficient (Wildman–Crippen LogP) is 1.33. The highest BCUT2D eigenvalue weighted by molar-refractivity contribution is 6.06. The second kappa shape index (κ2) is 5.73. The predicted molar refractivity (Wildman–Crippen MR) is 72.2 cm³/mol. The molecule has 5 nitrogen and oxygen atoms in total. The average molecular weight is 262 g/mol. The number of nitrogens with one attached hydrogen (secondary N) is 1. The first-order valence-electron chi connectivity index (χ1n) is 6.45. The van der Waals surface area contributed by atoms with E-state index < -0.39 is 6.04 Å². The Labute approximate surface area is 112 Å². The summed E-state index contributed by atoms with van der Waals surface area (Å²) < 4.78 is 5.48. The lowest BCUT2D eigenvalue weighted by molar-refractivity contribution is -0.130.